The second-order valence-electron chi connectivity index (χ2n) is 4.36. The molecular weight excluding hydrogens is 216 g/mol. The van der Waals surface area contributed by atoms with Crippen molar-refractivity contribution in [2.75, 3.05) is 6.61 Å². The van der Waals surface area contributed by atoms with Crippen LogP contribution in [0.2, 0.25) is 0 Å². The highest BCUT2D eigenvalue weighted by Crippen LogP contribution is 2.23. The summed E-state index contributed by atoms with van der Waals surface area (Å²) in [4.78, 5) is 12.2. The molecule has 0 aliphatic carbocycles. The molecule has 0 saturated heterocycles. The summed E-state index contributed by atoms with van der Waals surface area (Å²) in [5, 5.41) is 0. The molecule has 0 amide bonds. The molecule has 17 heavy (non-hydrogen) atoms. The van der Waals surface area contributed by atoms with Gasteiger partial charge in [-0.15, -0.1) is 0 Å². The van der Waals surface area contributed by atoms with Crippen LogP contribution in [0.3, 0.4) is 0 Å². The van der Waals surface area contributed by atoms with Crippen LogP contribution in [-0.2, 0) is 22.7 Å². The number of benzene rings is 1. The van der Waals surface area contributed by atoms with E-state index in [4.69, 9.17) is 9.47 Å². The number of hydrogen-bond donors (Lipinski definition) is 0. The number of carbonyl (C=O) groups excluding carboxylic acids is 1. The average Bonchev–Trinajstić information content (AvgIpc) is 2.86. The molecule has 3 heteroatoms. The Morgan fingerprint density at radius 2 is 2.06 bits per heavy atom. The van der Waals surface area contributed by atoms with Crippen LogP contribution in [0.15, 0.2) is 30.0 Å². The first-order valence-electron chi connectivity index (χ1n) is 5.92. The zero-order valence-electron chi connectivity index (χ0n) is 9.57. The first kappa shape index (κ1) is 10.5. The van der Waals surface area contributed by atoms with E-state index in [0.717, 1.165) is 18.4 Å². The van der Waals surface area contributed by atoms with Crippen molar-refractivity contribution in [2.45, 2.75) is 26.1 Å². The van der Waals surface area contributed by atoms with E-state index in [1.807, 2.05) is 24.3 Å². The van der Waals surface area contributed by atoms with Gasteiger partial charge < -0.3 is 9.47 Å². The molecule has 0 N–H and O–H groups in total. The zero-order valence-corrected chi connectivity index (χ0v) is 9.57. The number of allylic oxidation sites excluding steroid dienone is 2. The minimum Gasteiger partial charge on any atom is -0.490 e. The highest BCUT2D eigenvalue weighted by molar-refractivity contribution is 6.07. The molecule has 2 heterocycles. The van der Waals surface area contributed by atoms with Crippen molar-refractivity contribution in [3.8, 4) is 0 Å². The lowest BCUT2D eigenvalue weighted by atomic mass is 10.0. The molecule has 0 aromatic heterocycles. The van der Waals surface area contributed by atoms with E-state index in [1.54, 1.807) is 0 Å². The number of ether oxygens (including phenoxy) is 2. The zero-order chi connectivity index (χ0) is 11.7. The van der Waals surface area contributed by atoms with Crippen LogP contribution in [0, 0.1) is 0 Å². The van der Waals surface area contributed by atoms with Crippen LogP contribution < -0.4 is 0 Å². The van der Waals surface area contributed by atoms with Crippen LogP contribution in [-0.4, -0.2) is 12.4 Å². The molecule has 1 aromatic carbocycles. The fraction of sp³-hybridized carbons (Fsp3) is 0.357. The summed E-state index contributed by atoms with van der Waals surface area (Å²) in [5.41, 5.74) is 3.00. The van der Waals surface area contributed by atoms with Crippen molar-refractivity contribution in [1.29, 1.82) is 0 Å². The van der Waals surface area contributed by atoms with E-state index in [1.165, 1.54) is 5.56 Å². The molecule has 0 spiro atoms. The van der Waals surface area contributed by atoms with Crippen molar-refractivity contribution in [2.24, 2.45) is 0 Å². The molecule has 0 radical (unpaired) electrons. The molecule has 0 bridgehead atoms. The fourth-order valence-corrected chi connectivity index (χ4v) is 2.17. The third-order valence-electron chi connectivity index (χ3n) is 3.14. The Morgan fingerprint density at radius 3 is 2.88 bits per heavy atom. The summed E-state index contributed by atoms with van der Waals surface area (Å²) in [6.45, 7) is 1.91. The van der Waals surface area contributed by atoms with Gasteiger partial charge >= 0.3 is 0 Å². The second-order valence-corrected chi connectivity index (χ2v) is 4.36. The predicted molar refractivity (Wildman–Crippen MR) is 62.5 cm³/mol. The quantitative estimate of drug-likeness (QED) is 0.732. The summed E-state index contributed by atoms with van der Waals surface area (Å²) >= 11 is 0. The van der Waals surface area contributed by atoms with Gasteiger partial charge in [-0.3, -0.25) is 4.79 Å². The molecular formula is C14H14O3. The van der Waals surface area contributed by atoms with E-state index in [9.17, 15) is 4.79 Å². The van der Waals surface area contributed by atoms with Gasteiger partial charge in [-0.1, -0.05) is 12.1 Å². The topological polar surface area (TPSA) is 35.5 Å². The summed E-state index contributed by atoms with van der Waals surface area (Å²) in [6, 6.07) is 5.75. The van der Waals surface area contributed by atoms with Crippen molar-refractivity contribution in [1.82, 2.24) is 0 Å². The monoisotopic (exact) mass is 230 g/mol. The maximum Gasteiger partial charge on any atom is 0.227 e. The predicted octanol–water partition coefficient (Wildman–Crippen LogP) is 2.59. The number of ketones is 1. The number of fused-ring (bicyclic) bond motifs is 1. The van der Waals surface area contributed by atoms with Gasteiger partial charge in [0.15, 0.2) is 5.76 Å². The van der Waals surface area contributed by atoms with Crippen molar-refractivity contribution >= 4 is 5.78 Å². The molecule has 3 nitrogen and oxygen atoms in total. The van der Waals surface area contributed by atoms with Crippen molar-refractivity contribution in [3.63, 3.8) is 0 Å². The molecule has 0 unspecified atom stereocenters. The Labute approximate surface area is 100 Å². The van der Waals surface area contributed by atoms with Gasteiger partial charge in [0.05, 0.1) is 19.8 Å². The lowest BCUT2D eigenvalue weighted by Crippen LogP contribution is -2.11. The lowest BCUT2D eigenvalue weighted by molar-refractivity contribution is 0.0899. The highest BCUT2D eigenvalue weighted by atomic mass is 16.5. The van der Waals surface area contributed by atoms with Gasteiger partial charge in [0, 0.05) is 5.56 Å². The van der Waals surface area contributed by atoms with Gasteiger partial charge in [-0.05, 0) is 36.1 Å². The Balaban J connectivity index is 1.88. The molecule has 88 valence electrons. The van der Waals surface area contributed by atoms with Crippen LogP contribution in [0.1, 0.15) is 34.3 Å². The maximum absolute atomic E-state index is 12.2. The Kier molecular flexibility index (Phi) is 2.69. The van der Waals surface area contributed by atoms with E-state index < -0.39 is 0 Å². The molecule has 2 aliphatic rings. The first-order valence-corrected chi connectivity index (χ1v) is 5.92. The number of hydrogen-bond acceptors (Lipinski definition) is 3. The van der Waals surface area contributed by atoms with Gasteiger partial charge in [0.25, 0.3) is 0 Å². The minimum atomic E-state index is -0.0144. The Hall–Kier alpha value is -1.61. The van der Waals surface area contributed by atoms with E-state index in [-0.39, 0.29) is 5.78 Å². The molecule has 1 aromatic rings. The van der Waals surface area contributed by atoms with Crippen LogP contribution in [0.25, 0.3) is 0 Å². The third-order valence-corrected chi connectivity index (χ3v) is 3.14. The first-order chi connectivity index (χ1) is 8.34. The number of rotatable bonds is 2. The Morgan fingerprint density at radius 1 is 1.18 bits per heavy atom. The average molecular weight is 230 g/mol. The van der Waals surface area contributed by atoms with Crippen LogP contribution in [0.4, 0.5) is 0 Å². The largest absolute Gasteiger partial charge is 0.490 e. The molecule has 2 aliphatic heterocycles. The lowest BCUT2D eigenvalue weighted by Gasteiger charge is -2.14. The third kappa shape index (κ3) is 1.98. The van der Waals surface area contributed by atoms with Crippen LogP contribution in [0.5, 0.6) is 0 Å². The number of carbonyl (C=O) groups is 1. The van der Waals surface area contributed by atoms with Crippen molar-refractivity contribution < 1.29 is 14.3 Å². The van der Waals surface area contributed by atoms with Gasteiger partial charge in [-0.2, -0.15) is 0 Å². The van der Waals surface area contributed by atoms with Gasteiger partial charge in [-0.25, -0.2) is 0 Å². The summed E-state index contributed by atoms with van der Waals surface area (Å²) in [5.74, 6) is 0.481. The normalized spacial score (nSPS) is 18.2. The second kappa shape index (κ2) is 4.34. The Bertz CT molecular complexity index is 488. The summed E-state index contributed by atoms with van der Waals surface area (Å²) in [7, 11) is 0. The molecule has 0 fully saturated rings. The van der Waals surface area contributed by atoms with E-state index in [2.05, 4.69) is 0 Å². The SMILES string of the molecule is O=C(C1=CCCCO1)c1ccc2c(c1)COC2. The molecule has 3 rings (SSSR count). The standard InChI is InChI=1S/C14H14O3/c15-14(13-3-1-2-6-17-13)10-4-5-11-8-16-9-12(11)7-10/h3-5,7H,1-2,6,8-9H2. The molecule has 0 atom stereocenters. The van der Waals surface area contributed by atoms with Crippen molar-refractivity contribution in [3.05, 3.63) is 46.7 Å². The maximum atomic E-state index is 12.2. The number of Topliss-reactive ketones (excluding diaryl/α,β-unsaturated/α-hetero) is 1. The van der Waals surface area contributed by atoms with E-state index >= 15 is 0 Å². The minimum absolute atomic E-state index is 0.0144. The molecule has 0 saturated carbocycles. The van der Waals surface area contributed by atoms with Crippen LogP contribution >= 0.6 is 0 Å². The smallest absolute Gasteiger partial charge is 0.227 e. The van der Waals surface area contributed by atoms with Gasteiger partial charge in [0.1, 0.15) is 0 Å². The fourth-order valence-electron chi connectivity index (χ4n) is 2.17. The summed E-state index contributed by atoms with van der Waals surface area (Å²) < 4.78 is 10.7. The van der Waals surface area contributed by atoms with E-state index in [0.29, 0.717) is 31.1 Å². The highest BCUT2D eigenvalue weighted by Gasteiger charge is 2.19. The van der Waals surface area contributed by atoms with Gasteiger partial charge in [0.2, 0.25) is 5.78 Å². The summed E-state index contributed by atoms with van der Waals surface area (Å²) in [6.07, 6.45) is 3.81.